The number of piperazine rings is 1. The number of hydrogen-bond donors (Lipinski definition) is 0. The maximum absolute atomic E-state index is 12.9. The molecule has 0 bridgehead atoms. The standard InChI is InChI=1S/C18H18ClN3O3S/c1-25-13-4-2-3-12(9-13)22-17(23)15-11-20(7-8-21(15)18(22)24)10-14-5-6-16(19)26-14/h2-6,9,15H,7-8,10-11H2,1H3. The molecule has 1 unspecified atom stereocenters. The molecule has 0 radical (unpaired) electrons. The number of rotatable bonds is 4. The van der Waals surface area contributed by atoms with Gasteiger partial charge < -0.3 is 9.64 Å². The van der Waals surface area contributed by atoms with Crippen molar-refractivity contribution in [3.8, 4) is 5.75 Å². The first kappa shape index (κ1) is 17.3. The number of nitrogens with zero attached hydrogens (tertiary/aromatic N) is 3. The van der Waals surface area contributed by atoms with E-state index in [1.807, 2.05) is 12.1 Å². The molecule has 2 aliphatic rings. The molecule has 1 atom stereocenters. The van der Waals surface area contributed by atoms with E-state index in [1.165, 1.54) is 4.90 Å². The monoisotopic (exact) mass is 391 g/mol. The highest BCUT2D eigenvalue weighted by atomic mass is 35.5. The summed E-state index contributed by atoms with van der Waals surface area (Å²) < 4.78 is 5.97. The van der Waals surface area contributed by atoms with Crippen LogP contribution in [0.1, 0.15) is 4.88 Å². The minimum Gasteiger partial charge on any atom is -0.497 e. The van der Waals surface area contributed by atoms with Gasteiger partial charge in [-0.25, -0.2) is 9.69 Å². The number of amides is 3. The molecule has 8 heteroatoms. The number of fused-ring (bicyclic) bond motifs is 1. The van der Waals surface area contributed by atoms with Crippen LogP contribution in [0.15, 0.2) is 36.4 Å². The third-order valence-corrected chi connectivity index (χ3v) is 5.94. The predicted molar refractivity (Wildman–Crippen MR) is 101 cm³/mol. The van der Waals surface area contributed by atoms with Gasteiger partial charge in [0.15, 0.2) is 0 Å². The second kappa shape index (κ2) is 6.90. The van der Waals surface area contributed by atoms with Crippen molar-refractivity contribution in [3.63, 3.8) is 0 Å². The van der Waals surface area contributed by atoms with Crippen molar-refractivity contribution < 1.29 is 14.3 Å². The number of carbonyl (C=O) groups is 2. The molecule has 2 aliphatic heterocycles. The number of thiophene rings is 1. The van der Waals surface area contributed by atoms with Gasteiger partial charge in [-0.3, -0.25) is 9.69 Å². The number of methoxy groups -OCH3 is 1. The van der Waals surface area contributed by atoms with E-state index >= 15 is 0 Å². The number of ether oxygens (including phenoxy) is 1. The molecule has 1 aromatic heterocycles. The van der Waals surface area contributed by atoms with Crippen molar-refractivity contribution in [2.45, 2.75) is 12.6 Å². The van der Waals surface area contributed by atoms with Crippen LogP contribution in [0.25, 0.3) is 0 Å². The first-order valence-electron chi connectivity index (χ1n) is 8.32. The Kier molecular flexibility index (Phi) is 4.60. The molecule has 2 fully saturated rings. The molecule has 0 aliphatic carbocycles. The van der Waals surface area contributed by atoms with E-state index in [0.29, 0.717) is 24.5 Å². The Labute approximate surface area is 160 Å². The van der Waals surface area contributed by atoms with Gasteiger partial charge in [0.05, 0.1) is 17.1 Å². The minimum absolute atomic E-state index is 0.183. The summed E-state index contributed by atoms with van der Waals surface area (Å²) in [7, 11) is 1.56. The molecular weight excluding hydrogens is 374 g/mol. The van der Waals surface area contributed by atoms with Crippen molar-refractivity contribution in [1.29, 1.82) is 0 Å². The zero-order valence-electron chi connectivity index (χ0n) is 14.2. The van der Waals surface area contributed by atoms with Crippen molar-refractivity contribution in [1.82, 2.24) is 9.80 Å². The van der Waals surface area contributed by atoms with Gasteiger partial charge in [-0.15, -0.1) is 11.3 Å². The highest BCUT2D eigenvalue weighted by molar-refractivity contribution is 7.16. The van der Waals surface area contributed by atoms with Gasteiger partial charge >= 0.3 is 6.03 Å². The van der Waals surface area contributed by atoms with Gasteiger partial charge in [0, 0.05) is 37.1 Å². The molecule has 0 N–H and O–H groups in total. The lowest BCUT2D eigenvalue weighted by atomic mass is 10.1. The van der Waals surface area contributed by atoms with Crippen molar-refractivity contribution in [2.24, 2.45) is 0 Å². The molecule has 3 heterocycles. The lowest BCUT2D eigenvalue weighted by Crippen LogP contribution is -2.52. The fourth-order valence-electron chi connectivity index (χ4n) is 3.44. The lowest BCUT2D eigenvalue weighted by molar-refractivity contribution is -0.121. The second-order valence-corrected chi connectivity index (χ2v) is 8.11. The number of anilines is 1. The Balaban J connectivity index is 1.52. The summed E-state index contributed by atoms with van der Waals surface area (Å²) in [4.78, 5) is 32.0. The lowest BCUT2D eigenvalue weighted by Gasteiger charge is -2.34. The fourth-order valence-corrected chi connectivity index (χ4v) is 4.57. The summed E-state index contributed by atoms with van der Waals surface area (Å²) in [6.45, 7) is 2.54. The van der Waals surface area contributed by atoms with E-state index in [0.717, 1.165) is 22.3 Å². The summed E-state index contributed by atoms with van der Waals surface area (Å²) in [6, 6.07) is 10.2. The zero-order valence-corrected chi connectivity index (χ0v) is 15.8. The molecule has 26 heavy (non-hydrogen) atoms. The highest BCUT2D eigenvalue weighted by Crippen LogP contribution is 2.30. The molecule has 3 amide bonds. The van der Waals surface area contributed by atoms with Crippen LogP contribution in [0.3, 0.4) is 0 Å². The van der Waals surface area contributed by atoms with Gasteiger partial charge in [0.25, 0.3) is 5.91 Å². The Bertz CT molecular complexity index is 856. The average Bonchev–Trinajstić information content (AvgIpc) is 3.16. The molecule has 0 saturated carbocycles. The molecule has 6 nitrogen and oxygen atoms in total. The van der Waals surface area contributed by atoms with Gasteiger partial charge in [0.1, 0.15) is 11.8 Å². The average molecular weight is 392 g/mol. The molecular formula is C18H18ClN3O3S. The van der Waals surface area contributed by atoms with Crippen LogP contribution >= 0.6 is 22.9 Å². The van der Waals surface area contributed by atoms with Gasteiger partial charge in [-0.2, -0.15) is 0 Å². The number of halogens is 1. The maximum atomic E-state index is 12.9. The number of urea groups is 1. The zero-order chi connectivity index (χ0) is 18.3. The van der Waals surface area contributed by atoms with E-state index in [9.17, 15) is 9.59 Å². The second-order valence-electron chi connectivity index (χ2n) is 6.31. The summed E-state index contributed by atoms with van der Waals surface area (Å²) in [5.74, 6) is 0.432. The van der Waals surface area contributed by atoms with Crippen LogP contribution in [-0.2, 0) is 11.3 Å². The Morgan fingerprint density at radius 1 is 1.23 bits per heavy atom. The first-order valence-corrected chi connectivity index (χ1v) is 9.51. The molecule has 2 aromatic rings. The highest BCUT2D eigenvalue weighted by Gasteiger charge is 2.48. The Hall–Kier alpha value is -2.09. The molecule has 2 saturated heterocycles. The van der Waals surface area contributed by atoms with Crippen LogP contribution in [-0.4, -0.2) is 54.5 Å². The van der Waals surface area contributed by atoms with Crippen molar-refractivity contribution in [3.05, 3.63) is 45.6 Å². The number of carbonyl (C=O) groups excluding carboxylic acids is 2. The van der Waals surface area contributed by atoms with E-state index < -0.39 is 6.04 Å². The van der Waals surface area contributed by atoms with Crippen LogP contribution < -0.4 is 9.64 Å². The molecule has 136 valence electrons. The Morgan fingerprint density at radius 2 is 2.08 bits per heavy atom. The van der Waals surface area contributed by atoms with Crippen LogP contribution in [0.5, 0.6) is 5.75 Å². The summed E-state index contributed by atoms with van der Waals surface area (Å²) in [6.07, 6.45) is 0. The fraction of sp³-hybridized carbons (Fsp3) is 0.333. The summed E-state index contributed by atoms with van der Waals surface area (Å²) in [5, 5.41) is 0. The predicted octanol–water partition coefficient (Wildman–Crippen LogP) is 3.06. The maximum Gasteiger partial charge on any atom is 0.332 e. The van der Waals surface area contributed by atoms with Crippen molar-refractivity contribution >= 4 is 40.6 Å². The van der Waals surface area contributed by atoms with Crippen LogP contribution in [0.4, 0.5) is 10.5 Å². The Morgan fingerprint density at radius 3 is 2.81 bits per heavy atom. The quantitative estimate of drug-likeness (QED) is 0.752. The third kappa shape index (κ3) is 3.06. The van der Waals surface area contributed by atoms with E-state index in [2.05, 4.69) is 4.90 Å². The van der Waals surface area contributed by atoms with Gasteiger partial charge in [-0.1, -0.05) is 17.7 Å². The first-order chi connectivity index (χ1) is 12.6. The van der Waals surface area contributed by atoms with E-state index in [1.54, 1.807) is 47.6 Å². The van der Waals surface area contributed by atoms with Crippen LogP contribution in [0.2, 0.25) is 4.34 Å². The molecule has 0 spiro atoms. The SMILES string of the molecule is COc1cccc(N2C(=O)C3CN(Cc4ccc(Cl)s4)CCN3C2=O)c1. The largest absolute Gasteiger partial charge is 0.497 e. The van der Waals surface area contributed by atoms with E-state index in [4.69, 9.17) is 16.3 Å². The minimum atomic E-state index is -0.446. The normalized spacial score (nSPS) is 20.6. The van der Waals surface area contributed by atoms with Crippen LogP contribution in [0, 0.1) is 0 Å². The van der Waals surface area contributed by atoms with Gasteiger partial charge in [0.2, 0.25) is 0 Å². The number of benzene rings is 1. The molecule has 1 aromatic carbocycles. The van der Waals surface area contributed by atoms with E-state index in [-0.39, 0.29) is 11.9 Å². The number of hydrogen-bond acceptors (Lipinski definition) is 5. The number of imide groups is 1. The summed E-state index contributed by atoms with van der Waals surface area (Å²) >= 11 is 7.54. The topological polar surface area (TPSA) is 53.1 Å². The molecule has 4 rings (SSSR count). The third-order valence-electron chi connectivity index (χ3n) is 4.73. The summed E-state index contributed by atoms with van der Waals surface area (Å²) in [5.41, 5.74) is 0.547. The smallest absolute Gasteiger partial charge is 0.332 e. The van der Waals surface area contributed by atoms with Crippen molar-refractivity contribution in [2.75, 3.05) is 31.6 Å². The van der Waals surface area contributed by atoms with Gasteiger partial charge in [-0.05, 0) is 24.3 Å².